The van der Waals surface area contributed by atoms with Crippen molar-refractivity contribution in [2.24, 2.45) is 0 Å². The second-order valence-electron chi connectivity index (χ2n) is 5.44. The molecule has 4 nitrogen and oxygen atoms in total. The fourth-order valence-corrected chi connectivity index (χ4v) is 1.81. The standard InChI is InChI=1S/C11H19NO3.K/c1-10(2,3)15-9(13)12-6-4-11(5-7-12)8-14-11;/h4-8H2,1-3H3;. The van der Waals surface area contributed by atoms with Crippen molar-refractivity contribution in [3.63, 3.8) is 0 Å². The van der Waals surface area contributed by atoms with Crippen molar-refractivity contribution in [3.8, 4) is 0 Å². The van der Waals surface area contributed by atoms with Crippen LogP contribution in [-0.2, 0) is 9.47 Å². The van der Waals surface area contributed by atoms with Gasteiger partial charge in [-0.3, -0.25) is 0 Å². The minimum atomic E-state index is -0.400. The summed E-state index contributed by atoms with van der Waals surface area (Å²) >= 11 is 0. The quantitative estimate of drug-likeness (QED) is 0.483. The number of rotatable bonds is 0. The summed E-state index contributed by atoms with van der Waals surface area (Å²) in [5.41, 5.74) is -0.277. The molecule has 2 aliphatic rings. The Kier molecular flexibility index (Phi) is 4.89. The first-order chi connectivity index (χ1) is 6.90. The molecule has 2 aliphatic heterocycles. The van der Waals surface area contributed by atoms with Crippen molar-refractivity contribution in [2.45, 2.75) is 44.8 Å². The van der Waals surface area contributed by atoms with Crippen molar-refractivity contribution in [3.05, 3.63) is 0 Å². The zero-order chi connectivity index (χ0) is 11.1. The Balaban J connectivity index is 0.00000128. The smallest absolute Gasteiger partial charge is 0.410 e. The molecule has 0 N–H and O–H groups in total. The van der Waals surface area contributed by atoms with Crippen LogP contribution in [-0.4, -0.2) is 93.3 Å². The van der Waals surface area contributed by atoms with Crippen molar-refractivity contribution in [1.82, 2.24) is 4.90 Å². The van der Waals surface area contributed by atoms with Gasteiger partial charge >= 0.3 is 6.09 Å². The van der Waals surface area contributed by atoms with Crippen LogP contribution in [0.2, 0.25) is 0 Å². The zero-order valence-electron chi connectivity index (χ0n) is 10.7. The van der Waals surface area contributed by atoms with Gasteiger partial charge in [0.05, 0.1) is 12.2 Å². The number of amides is 1. The van der Waals surface area contributed by atoms with Gasteiger partial charge in [-0.05, 0) is 33.6 Å². The van der Waals surface area contributed by atoms with Gasteiger partial charge in [0.25, 0.3) is 0 Å². The average Bonchev–Trinajstić information content (AvgIpc) is 2.83. The van der Waals surface area contributed by atoms with E-state index in [0.29, 0.717) is 0 Å². The van der Waals surface area contributed by atoms with Gasteiger partial charge in [-0.25, -0.2) is 4.79 Å². The Morgan fingerprint density at radius 2 is 1.81 bits per heavy atom. The second-order valence-corrected chi connectivity index (χ2v) is 5.44. The summed E-state index contributed by atoms with van der Waals surface area (Å²) in [6.07, 6.45) is 1.70. The Bertz CT molecular complexity index is 261. The van der Waals surface area contributed by atoms with E-state index in [0.717, 1.165) is 32.5 Å². The molecule has 87 valence electrons. The van der Waals surface area contributed by atoms with Gasteiger partial charge in [0.1, 0.15) is 5.60 Å². The van der Waals surface area contributed by atoms with E-state index in [1.54, 1.807) is 4.90 Å². The molecule has 0 atom stereocenters. The maximum absolute atomic E-state index is 11.7. The molecule has 0 unspecified atom stereocenters. The summed E-state index contributed by atoms with van der Waals surface area (Å²) in [5.74, 6) is 0. The fraction of sp³-hybridized carbons (Fsp3) is 0.909. The fourth-order valence-electron chi connectivity index (χ4n) is 1.81. The number of likely N-dealkylation sites (tertiary alicyclic amines) is 1. The molecule has 0 aromatic heterocycles. The average molecular weight is 252 g/mol. The number of piperidine rings is 1. The van der Waals surface area contributed by atoms with Gasteiger partial charge in [-0.1, -0.05) is 0 Å². The van der Waals surface area contributed by atoms with E-state index < -0.39 is 5.60 Å². The maximum atomic E-state index is 11.7. The van der Waals surface area contributed by atoms with Crippen LogP contribution >= 0.6 is 0 Å². The number of epoxide rings is 1. The summed E-state index contributed by atoms with van der Waals surface area (Å²) in [4.78, 5) is 13.5. The van der Waals surface area contributed by atoms with Crippen molar-refractivity contribution in [1.29, 1.82) is 0 Å². The topological polar surface area (TPSA) is 42.1 Å². The summed E-state index contributed by atoms with van der Waals surface area (Å²) in [6, 6.07) is 0. The van der Waals surface area contributed by atoms with Crippen molar-refractivity contribution in [2.75, 3.05) is 19.7 Å². The van der Waals surface area contributed by atoms with E-state index in [4.69, 9.17) is 9.47 Å². The molecule has 16 heavy (non-hydrogen) atoms. The molecule has 0 bridgehead atoms. The van der Waals surface area contributed by atoms with E-state index in [1.807, 2.05) is 20.8 Å². The molecule has 1 amide bonds. The van der Waals surface area contributed by atoms with Crippen molar-refractivity contribution < 1.29 is 14.3 Å². The molecular weight excluding hydrogens is 233 g/mol. The molecule has 0 saturated carbocycles. The van der Waals surface area contributed by atoms with Crippen LogP contribution in [0.1, 0.15) is 33.6 Å². The molecule has 2 rings (SSSR count). The molecule has 0 aromatic rings. The maximum Gasteiger partial charge on any atom is 0.410 e. The third-order valence-corrected chi connectivity index (χ3v) is 2.88. The molecule has 0 aliphatic carbocycles. The first kappa shape index (κ1) is 14.9. The predicted molar refractivity (Wildman–Crippen MR) is 61.5 cm³/mol. The third kappa shape index (κ3) is 3.96. The van der Waals surface area contributed by atoms with E-state index in [2.05, 4.69) is 0 Å². The molecular formula is C11H19KNO3. The summed E-state index contributed by atoms with van der Waals surface area (Å²) in [7, 11) is 0. The molecule has 2 saturated heterocycles. The van der Waals surface area contributed by atoms with E-state index in [9.17, 15) is 4.79 Å². The molecule has 1 radical (unpaired) electrons. The van der Waals surface area contributed by atoms with Gasteiger partial charge in [0, 0.05) is 64.5 Å². The molecule has 5 heteroatoms. The Morgan fingerprint density at radius 3 is 2.19 bits per heavy atom. The number of nitrogens with zero attached hydrogens (tertiary/aromatic N) is 1. The third-order valence-electron chi connectivity index (χ3n) is 2.88. The Labute approximate surface area is 139 Å². The second kappa shape index (κ2) is 5.24. The predicted octanol–water partition coefficient (Wildman–Crippen LogP) is 1.41. The largest absolute Gasteiger partial charge is 0.444 e. The Morgan fingerprint density at radius 1 is 1.31 bits per heavy atom. The van der Waals surface area contributed by atoms with Crippen LogP contribution in [0.4, 0.5) is 4.79 Å². The van der Waals surface area contributed by atoms with E-state index >= 15 is 0 Å². The molecule has 2 fully saturated rings. The first-order valence-corrected chi connectivity index (χ1v) is 5.52. The van der Waals surface area contributed by atoms with Gasteiger partial charge in [0.2, 0.25) is 0 Å². The van der Waals surface area contributed by atoms with E-state index in [1.165, 1.54) is 0 Å². The number of ether oxygens (including phenoxy) is 2. The van der Waals surface area contributed by atoms with Crippen molar-refractivity contribution >= 4 is 57.5 Å². The number of hydrogen-bond acceptors (Lipinski definition) is 3. The number of carbonyl (C=O) groups excluding carboxylic acids is 1. The van der Waals surface area contributed by atoms with Crippen LogP contribution < -0.4 is 0 Å². The number of hydrogen-bond donors (Lipinski definition) is 0. The van der Waals surface area contributed by atoms with Gasteiger partial charge in [-0.15, -0.1) is 0 Å². The SMILES string of the molecule is CC(C)(C)OC(=O)N1CCC2(CC1)CO2.[K]. The van der Waals surface area contributed by atoms with Crippen LogP contribution in [0.5, 0.6) is 0 Å². The minimum Gasteiger partial charge on any atom is -0.444 e. The summed E-state index contributed by atoms with van der Waals surface area (Å²) in [5, 5.41) is 0. The minimum absolute atomic E-state index is 0. The van der Waals surface area contributed by atoms with Crippen LogP contribution in [0, 0.1) is 0 Å². The normalized spacial score (nSPS) is 22.6. The first-order valence-electron chi connectivity index (χ1n) is 5.52. The summed E-state index contributed by atoms with van der Waals surface area (Å²) < 4.78 is 10.7. The number of carbonyl (C=O) groups is 1. The summed E-state index contributed by atoms with van der Waals surface area (Å²) in [6.45, 7) is 8.06. The molecule has 2 heterocycles. The van der Waals surface area contributed by atoms with Crippen LogP contribution in [0.15, 0.2) is 0 Å². The van der Waals surface area contributed by atoms with Gasteiger partial charge < -0.3 is 14.4 Å². The zero-order valence-corrected chi connectivity index (χ0v) is 13.8. The monoisotopic (exact) mass is 252 g/mol. The van der Waals surface area contributed by atoms with Gasteiger partial charge in [0.15, 0.2) is 0 Å². The Hall–Kier alpha value is 0.866. The van der Waals surface area contributed by atoms with Gasteiger partial charge in [-0.2, -0.15) is 0 Å². The van der Waals surface area contributed by atoms with Crippen LogP contribution in [0.3, 0.4) is 0 Å². The molecule has 1 spiro atoms. The van der Waals surface area contributed by atoms with E-state index in [-0.39, 0.29) is 63.1 Å². The van der Waals surface area contributed by atoms with Crippen LogP contribution in [0.25, 0.3) is 0 Å². The molecule has 0 aromatic carbocycles.